The van der Waals surface area contributed by atoms with Gasteiger partial charge in [0.1, 0.15) is 0 Å². The first kappa shape index (κ1) is 14.3. The summed E-state index contributed by atoms with van der Waals surface area (Å²) >= 11 is -5.13. The van der Waals surface area contributed by atoms with E-state index >= 15 is 0 Å². The van der Waals surface area contributed by atoms with Crippen LogP contribution in [-0.2, 0) is 25.6 Å². The van der Waals surface area contributed by atoms with Crippen LogP contribution in [0.15, 0.2) is 0 Å². The molecule has 0 heterocycles. The van der Waals surface area contributed by atoms with E-state index in [1.54, 1.807) is 27.7 Å². The molecule has 0 aliphatic rings. The Labute approximate surface area is 88.2 Å². The summed E-state index contributed by atoms with van der Waals surface area (Å²) in [6.45, 7) is 9.21. The standard InChI is InChI=1S/C4H9O.2C3H7.2O.Ti/c1-2-3-4-5;2*1-3-2;;;/h2-4H2,1H3;2*3H,1-2H3;;;/q-1;;;;;+1. The molecule has 4 heteroatoms. The Morgan fingerprint density at radius 3 is 1.79 bits per heavy atom. The molecule has 0 saturated heterocycles. The predicted octanol–water partition coefficient (Wildman–Crippen LogP) is 3.76. The van der Waals surface area contributed by atoms with Crippen LogP contribution >= 0.6 is 0 Å². The van der Waals surface area contributed by atoms with E-state index in [2.05, 4.69) is 0 Å². The first-order chi connectivity index (χ1) is 6.24. The van der Waals surface area contributed by atoms with Gasteiger partial charge in [-0.2, -0.15) is 0 Å². The second-order valence-electron chi connectivity index (χ2n) is 4.64. The number of hydrogen-bond acceptors (Lipinski definition) is 3. The molecule has 14 heavy (non-hydrogen) atoms. The van der Waals surface area contributed by atoms with Crippen molar-refractivity contribution in [3.63, 3.8) is 0 Å². The van der Waals surface area contributed by atoms with Crippen molar-refractivity contribution >= 4 is 0 Å². The zero-order chi connectivity index (χ0) is 11.4. The Morgan fingerprint density at radius 1 is 1.07 bits per heavy atom. The maximum atomic E-state index is 12.4. The van der Waals surface area contributed by atoms with Crippen molar-refractivity contribution in [3.05, 3.63) is 0 Å². The monoisotopic (exact) mass is 239 g/mol. The fraction of sp³-hybridized carbons (Fsp3) is 1.00. The van der Waals surface area contributed by atoms with Crippen LogP contribution in [0.5, 0.6) is 0 Å². The first-order valence-corrected chi connectivity index (χ1v) is 9.21. The van der Waals surface area contributed by atoms with E-state index in [9.17, 15) is 6.65 Å². The number of unbranched alkanes of at least 4 members (excludes halogenated alkanes) is 1. The molecule has 0 saturated carbocycles. The van der Waals surface area contributed by atoms with Crippen LogP contribution in [0.1, 0.15) is 47.5 Å². The molecular formula is C10H23O3Ti. The summed E-state index contributed by atoms with van der Waals surface area (Å²) in [7, 11) is 0. The third kappa shape index (κ3) is 2.88. The summed E-state index contributed by atoms with van der Waals surface area (Å²) in [6.07, 6.45) is 1.77. The van der Waals surface area contributed by atoms with Gasteiger partial charge in [0.25, 0.3) is 0 Å². The van der Waals surface area contributed by atoms with Gasteiger partial charge in [-0.15, -0.1) is 0 Å². The van der Waals surface area contributed by atoms with E-state index in [1.807, 2.05) is 6.92 Å². The summed E-state index contributed by atoms with van der Waals surface area (Å²) in [5.41, 5.74) is 0. The van der Waals surface area contributed by atoms with Gasteiger partial charge in [0.15, 0.2) is 0 Å². The van der Waals surface area contributed by atoms with Crippen molar-refractivity contribution in [1.29, 1.82) is 0 Å². The van der Waals surface area contributed by atoms with E-state index in [-0.39, 0.29) is 8.45 Å². The maximum absolute atomic E-state index is 12.4. The van der Waals surface area contributed by atoms with Crippen molar-refractivity contribution in [3.8, 4) is 0 Å². The van der Waals surface area contributed by atoms with Gasteiger partial charge in [0, 0.05) is 0 Å². The van der Waals surface area contributed by atoms with Crippen molar-refractivity contribution < 1.29 is 25.6 Å². The molecule has 0 aromatic heterocycles. The Bertz CT molecular complexity index is 268. The normalized spacial score (nSPS) is 14.0. The second kappa shape index (κ2) is 4.87. The molecule has 0 aromatic carbocycles. The Balaban J connectivity index is 4.76. The van der Waals surface area contributed by atoms with Gasteiger partial charge in [-0.3, -0.25) is 0 Å². The average molecular weight is 239 g/mol. The fourth-order valence-corrected chi connectivity index (χ4v) is 5.39. The van der Waals surface area contributed by atoms with Crippen LogP contribution in [0.4, 0.5) is 0 Å². The second-order valence-corrected chi connectivity index (χ2v) is 12.2. The predicted molar refractivity (Wildman–Crippen MR) is 52.4 cm³/mol. The van der Waals surface area contributed by atoms with Gasteiger partial charge in [-0.25, -0.2) is 0 Å². The van der Waals surface area contributed by atoms with Gasteiger partial charge in [-0.1, -0.05) is 0 Å². The minimum absolute atomic E-state index is 0.344. The van der Waals surface area contributed by atoms with Crippen LogP contribution in [0.2, 0.25) is 8.45 Å². The Morgan fingerprint density at radius 2 is 1.50 bits per heavy atom. The molecule has 3 nitrogen and oxygen atoms in total. The molecule has 0 amide bonds. The molecule has 0 spiro atoms. The van der Waals surface area contributed by atoms with Crippen molar-refractivity contribution in [2.24, 2.45) is 0 Å². The quantitative estimate of drug-likeness (QED) is 0.523. The van der Waals surface area contributed by atoms with Gasteiger partial charge < -0.3 is 0 Å². The Hall–Kier alpha value is 0.274. The summed E-state index contributed by atoms with van der Waals surface area (Å²) in [4.78, 5) is 0. The molecule has 0 aliphatic heterocycles. The van der Waals surface area contributed by atoms with Gasteiger partial charge >= 0.3 is 88.1 Å². The SMILES string of the molecule is CCCC[O][Ti](=[O])(=[O])([CH](C)C)[CH](C)C. The summed E-state index contributed by atoms with van der Waals surface area (Å²) in [5, 5.41) is 0. The molecule has 0 atom stereocenters. The van der Waals surface area contributed by atoms with Crippen LogP contribution in [0, 0.1) is 0 Å². The van der Waals surface area contributed by atoms with E-state index in [0.717, 1.165) is 12.8 Å². The first-order valence-electron chi connectivity index (χ1n) is 5.49. The van der Waals surface area contributed by atoms with Crippen LogP contribution in [0.3, 0.4) is 0 Å². The average Bonchev–Trinajstić information content (AvgIpc) is 2.04. The number of rotatable bonds is 6. The van der Waals surface area contributed by atoms with E-state index in [1.165, 1.54) is 0 Å². The minimum atomic E-state index is -5.13. The fourth-order valence-electron chi connectivity index (χ4n) is 1.42. The molecule has 0 N–H and O–H groups in total. The molecular weight excluding hydrogens is 216 g/mol. The molecule has 0 bridgehead atoms. The van der Waals surface area contributed by atoms with Crippen molar-refractivity contribution in [2.75, 3.05) is 6.61 Å². The van der Waals surface area contributed by atoms with Crippen molar-refractivity contribution in [2.45, 2.75) is 55.9 Å². The molecule has 0 radical (unpaired) electrons. The van der Waals surface area contributed by atoms with Gasteiger partial charge in [-0.05, 0) is 0 Å². The zero-order valence-corrected chi connectivity index (χ0v) is 11.6. The Kier molecular flexibility index (Phi) is 4.96. The summed E-state index contributed by atoms with van der Waals surface area (Å²) in [6, 6.07) is 0. The van der Waals surface area contributed by atoms with Crippen LogP contribution in [0.25, 0.3) is 0 Å². The van der Waals surface area contributed by atoms with Crippen LogP contribution in [-0.4, -0.2) is 6.61 Å². The summed E-state index contributed by atoms with van der Waals surface area (Å²) < 4.78 is 29.2. The van der Waals surface area contributed by atoms with Gasteiger partial charge in [0.05, 0.1) is 0 Å². The molecule has 0 fully saturated rings. The molecule has 0 aromatic rings. The van der Waals surface area contributed by atoms with E-state index in [4.69, 9.17) is 3.32 Å². The molecule has 0 rings (SSSR count). The third-order valence-electron chi connectivity index (χ3n) is 2.97. The topological polar surface area (TPSA) is 43.4 Å². The van der Waals surface area contributed by atoms with E-state index < -0.39 is 15.6 Å². The van der Waals surface area contributed by atoms with Gasteiger partial charge in [0.2, 0.25) is 0 Å². The molecule has 0 unspecified atom stereocenters. The van der Waals surface area contributed by atoms with Crippen LogP contribution < -0.4 is 0 Å². The number of hydrogen-bond donors (Lipinski definition) is 0. The van der Waals surface area contributed by atoms with E-state index in [0.29, 0.717) is 6.61 Å². The van der Waals surface area contributed by atoms with Crippen molar-refractivity contribution in [1.82, 2.24) is 0 Å². The zero-order valence-electron chi connectivity index (χ0n) is 10.0. The third-order valence-corrected chi connectivity index (χ3v) is 10.7. The molecule has 85 valence electrons. The molecule has 0 aliphatic carbocycles. The summed E-state index contributed by atoms with van der Waals surface area (Å²) in [5.74, 6) is 0.